The first kappa shape index (κ1) is 11.5. The van der Waals surface area contributed by atoms with Crippen LogP contribution in [0.2, 0.25) is 5.02 Å². The summed E-state index contributed by atoms with van der Waals surface area (Å²) in [6.07, 6.45) is 0. The number of hydrogen-bond acceptors (Lipinski definition) is 1. The lowest BCUT2D eigenvalue weighted by Crippen LogP contribution is -2.30. The molecule has 2 unspecified atom stereocenters. The van der Waals surface area contributed by atoms with Crippen LogP contribution in [0.1, 0.15) is 32.3 Å². The molecule has 0 aromatic heterocycles. The molecule has 0 aliphatic carbocycles. The Morgan fingerprint density at radius 3 is 2.50 bits per heavy atom. The predicted molar refractivity (Wildman–Crippen MR) is 63.0 cm³/mol. The molecule has 14 heavy (non-hydrogen) atoms. The second-order valence-electron chi connectivity index (χ2n) is 3.66. The Morgan fingerprint density at radius 1 is 1.29 bits per heavy atom. The summed E-state index contributed by atoms with van der Waals surface area (Å²) in [7, 11) is 0. The smallest absolute Gasteiger partial charge is 0.0441 e. The number of likely N-dealkylation sites (N-methyl/N-ethyl adjacent to an activating group) is 1. The minimum atomic E-state index is 0.448. The van der Waals surface area contributed by atoms with Gasteiger partial charge >= 0.3 is 0 Å². The van der Waals surface area contributed by atoms with E-state index in [0.29, 0.717) is 12.0 Å². The van der Waals surface area contributed by atoms with Gasteiger partial charge in [0.2, 0.25) is 0 Å². The van der Waals surface area contributed by atoms with Crippen molar-refractivity contribution in [3.63, 3.8) is 0 Å². The van der Waals surface area contributed by atoms with Gasteiger partial charge in [-0.1, -0.05) is 43.6 Å². The first-order valence-electron chi connectivity index (χ1n) is 5.14. The third-order valence-electron chi connectivity index (χ3n) is 2.67. The molecular weight excluding hydrogens is 194 g/mol. The van der Waals surface area contributed by atoms with E-state index in [4.69, 9.17) is 11.6 Å². The Hall–Kier alpha value is -0.530. The van der Waals surface area contributed by atoms with Crippen molar-refractivity contribution in [3.8, 4) is 0 Å². The highest BCUT2D eigenvalue weighted by Crippen LogP contribution is 2.26. The fourth-order valence-electron chi connectivity index (χ4n) is 1.61. The molecule has 0 bridgehead atoms. The van der Waals surface area contributed by atoms with Crippen LogP contribution in [0.3, 0.4) is 0 Å². The maximum atomic E-state index is 6.14. The number of nitrogens with one attached hydrogen (secondary N) is 1. The maximum absolute atomic E-state index is 6.14. The van der Waals surface area contributed by atoms with Crippen molar-refractivity contribution in [2.75, 3.05) is 6.54 Å². The van der Waals surface area contributed by atoms with E-state index in [2.05, 4.69) is 32.2 Å². The average Bonchev–Trinajstić information content (AvgIpc) is 2.18. The minimum absolute atomic E-state index is 0.448. The minimum Gasteiger partial charge on any atom is -0.314 e. The van der Waals surface area contributed by atoms with Crippen molar-refractivity contribution in [2.45, 2.75) is 32.7 Å². The Kier molecular flexibility index (Phi) is 4.43. The molecule has 0 spiro atoms. The molecule has 0 heterocycles. The van der Waals surface area contributed by atoms with Crippen LogP contribution < -0.4 is 5.32 Å². The van der Waals surface area contributed by atoms with E-state index >= 15 is 0 Å². The monoisotopic (exact) mass is 211 g/mol. The van der Waals surface area contributed by atoms with E-state index in [1.807, 2.05) is 18.2 Å². The Labute approximate surface area is 91.5 Å². The molecule has 2 heteroatoms. The van der Waals surface area contributed by atoms with Gasteiger partial charge in [0.25, 0.3) is 0 Å². The molecule has 1 nitrogen and oxygen atoms in total. The summed E-state index contributed by atoms with van der Waals surface area (Å²) in [4.78, 5) is 0. The molecule has 0 saturated heterocycles. The largest absolute Gasteiger partial charge is 0.314 e. The van der Waals surface area contributed by atoms with Gasteiger partial charge in [-0.25, -0.2) is 0 Å². The first-order valence-corrected chi connectivity index (χ1v) is 5.52. The summed E-state index contributed by atoms with van der Waals surface area (Å²) in [6.45, 7) is 7.51. The summed E-state index contributed by atoms with van der Waals surface area (Å²) in [5.41, 5.74) is 1.22. The maximum Gasteiger partial charge on any atom is 0.0441 e. The number of halogens is 1. The summed E-state index contributed by atoms with van der Waals surface area (Å²) >= 11 is 6.14. The van der Waals surface area contributed by atoms with E-state index in [0.717, 1.165) is 11.6 Å². The first-order chi connectivity index (χ1) is 6.66. The predicted octanol–water partition coefficient (Wildman–Crippen LogP) is 3.44. The highest BCUT2D eigenvalue weighted by Gasteiger charge is 2.15. The third kappa shape index (κ3) is 2.73. The lowest BCUT2D eigenvalue weighted by molar-refractivity contribution is 0.495. The van der Waals surface area contributed by atoms with Crippen LogP contribution in [0.25, 0.3) is 0 Å². The molecule has 0 fully saturated rings. The highest BCUT2D eigenvalue weighted by atomic mass is 35.5. The van der Waals surface area contributed by atoms with Crippen LogP contribution in [0, 0.1) is 0 Å². The lowest BCUT2D eigenvalue weighted by Gasteiger charge is -2.21. The van der Waals surface area contributed by atoms with Gasteiger partial charge in [-0.3, -0.25) is 0 Å². The Bertz CT molecular complexity index is 285. The lowest BCUT2D eigenvalue weighted by atomic mass is 9.94. The van der Waals surface area contributed by atoms with Crippen LogP contribution in [-0.4, -0.2) is 12.6 Å². The van der Waals surface area contributed by atoms with Crippen LogP contribution in [-0.2, 0) is 0 Å². The van der Waals surface area contributed by atoms with E-state index in [1.54, 1.807) is 0 Å². The molecule has 2 atom stereocenters. The zero-order valence-electron chi connectivity index (χ0n) is 9.05. The molecular formula is C12H18ClN. The van der Waals surface area contributed by atoms with Gasteiger partial charge in [0.1, 0.15) is 0 Å². The van der Waals surface area contributed by atoms with Gasteiger partial charge in [0.15, 0.2) is 0 Å². The second kappa shape index (κ2) is 5.38. The van der Waals surface area contributed by atoms with Gasteiger partial charge in [-0.05, 0) is 31.0 Å². The van der Waals surface area contributed by atoms with E-state index in [1.165, 1.54) is 5.56 Å². The molecule has 0 saturated carbocycles. The normalized spacial score (nSPS) is 15.1. The van der Waals surface area contributed by atoms with Gasteiger partial charge in [0.05, 0.1) is 0 Å². The number of rotatable bonds is 4. The second-order valence-corrected chi connectivity index (χ2v) is 4.06. The number of benzene rings is 1. The molecule has 1 aromatic rings. The van der Waals surface area contributed by atoms with Gasteiger partial charge in [0, 0.05) is 11.1 Å². The van der Waals surface area contributed by atoms with Crippen molar-refractivity contribution in [1.82, 2.24) is 5.32 Å². The molecule has 0 aliphatic heterocycles. The third-order valence-corrected chi connectivity index (χ3v) is 3.02. The topological polar surface area (TPSA) is 12.0 Å². The molecule has 0 radical (unpaired) electrons. The van der Waals surface area contributed by atoms with Gasteiger partial charge < -0.3 is 5.32 Å². The van der Waals surface area contributed by atoms with Gasteiger partial charge in [-0.2, -0.15) is 0 Å². The van der Waals surface area contributed by atoms with Crippen LogP contribution in [0.4, 0.5) is 0 Å². The zero-order chi connectivity index (χ0) is 10.6. The average molecular weight is 212 g/mol. The van der Waals surface area contributed by atoms with E-state index in [-0.39, 0.29) is 0 Å². The molecule has 78 valence electrons. The summed E-state index contributed by atoms with van der Waals surface area (Å²) < 4.78 is 0. The van der Waals surface area contributed by atoms with Crippen molar-refractivity contribution < 1.29 is 0 Å². The quantitative estimate of drug-likeness (QED) is 0.805. The molecule has 1 N–H and O–H groups in total. The fourth-order valence-corrected chi connectivity index (χ4v) is 1.92. The Balaban J connectivity index is 2.78. The highest BCUT2D eigenvalue weighted by molar-refractivity contribution is 6.31. The SMILES string of the molecule is CCNC(C)C(C)c1ccccc1Cl. The van der Waals surface area contributed by atoms with Crippen molar-refractivity contribution >= 4 is 11.6 Å². The van der Waals surface area contributed by atoms with Gasteiger partial charge in [-0.15, -0.1) is 0 Å². The summed E-state index contributed by atoms with van der Waals surface area (Å²) in [5, 5.41) is 4.28. The molecule has 0 aliphatic rings. The molecule has 1 rings (SSSR count). The standard InChI is InChI=1S/C12H18ClN/c1-4-14-10(3)9(2)11-7-5-6-8-12(11)13/h5-10,14H,4H2,1-3H3. The summed E-state index contributed by atoms with van der Waals surface area (Å²) in [6, 6.07) is 8.51. The zero-order valence-corrected chi connectivity index (χ0v) is 9.81. The van der Waals surface area contributed by atoms with Crippen LogP contribution in [0.5, 0.6) is 0 Å². The van der Waals surface area contributed by atoms with Crippen LogP contribution >= 0.6 is 11.6 Å². The number of hydrogen-bond donors (Lipinski definition) is 1. The van der Waals surface area contributed by atoms with Crippen molar-refractivity contribution in [1.29, 1.82) is 0 Å². The van der Waals surface area contributed by atoms with Crippen molar-refractivity contribution in [2.24, 2.45) is 0 Å². The van der Waals surface area contributed by atoms with E-state index < -0.39 is 0 Å². The van der Waals surface area contributed by atoms with Crippen molar-refractivity contribution in [3.05, 3.63) is 34.9 Å². The Morgan fingerprint density at radius 2 is 1.93 bits per heavy atom. The van der Waals surface area contributed by atoms with E-state index in [9.17, 15) is 0 Å². The molecule has 1 aromatic carbocycles. The molecule has 0 amide bonds. The fraction of sp³-hybridized carbons (Fsp3) is 0.500. The summed E-state index contributed by atoms with van der Waals surface area (Å²) in [5.74, 6) is 0.448. The van der Waals surface area contributed by atoms with Crippen LogP contribution in [0.15, 0.2) is 24.3 Å².